The molecule has 0 unspecified atom stereocenters. The molecule has 2 aromatic heterocycles. The lowest BCUT2D eigenvalue weighted by atomic mass is 10.2. The molecule has 0 spiro atoms. The number of aromatic nitrogens is 1. The average molecular weight is 376 g/mol. The largest absolute Gasteiger partial charge is 0.338 e. The van der Waals surface area contributed by atoms with Gasteiger partial charge in [-0.2, -0.15) is 4.31 Å². The van der Waals surface area contributed by atoms with Gasteiger partial charge in [-0.05, 0) is 31.9 Å². The third-order valence-corrected chi connectivity index (χ3v) is 7.10. The average Bonchev–Trinajstić information content (AvgIpc) is 3.19. The number of hydrogen-bond donors (Lipinski definition) is 1. The normalized spacial score (nSPS) is 19.1. The SMILES string of the molecule is Cc1cc(NC(=O)[C@@H]2CCCN2S(=O)(=O)c2ccc(Cl)s2)on1. The molecule has 1 aliphatic rings. The van der Waals surface area contributed by atoms with Crippen molar-refractivity contribution in [2.75, 3.05) is 11.9 Å². The van der Waals surface area contributed by atoms with Crippen LogP contribution in [0.5, 0.6) is 0 Å². The Labute approximate surface area is 142 Å². The maximum absolute atomic E-state index is 12.7. The molecule has 10 heteroatoms. The van der Waals surface area contributed by atoms with E-state index in [1.165, 1.54) is 16.4 Å². The highest BCUT2D eigenvalue weighted by atomic mass is 35.5. The van der Waals surface area contributed by atoms with Gasteiger partial charge in [-0.3, -0.25) is 10.1 Å². The Kier molecular flexibility index (Phi) is 4.45. The van der Waals surface area contributed by atoms with Crippen LogP contribution in [0.15, 0.2) is 26.9 Å². The van der Waals surface area contributed by atoms with Crippen LogP contribution in [0.4, 0.5) is 5.88 Å². The fourth-order valence-electron chi connectivity index (χ4n) is 2.47. The van der Waals surface area contributed by atoms with E-state index in [2.05, 4.69) is 10.5 Å². The second-order valence-electron chi connectivity index (χ2n) is 5.15. The van der Waals surface area contributed by atoms with Crippen LogP contribution in [0, 0.1) is 6.92 Å². The van der Waals surface area contributed by atoms with E-state index in [-0.39, 0.29) is 10.1 Å². The van der Waals surface area contributed by atoms with Gasteiger partial charge in [-0.25, -0.2) is 8.42 Å². The minimum Gasteiger partial charge on any atom is -0.338 e. The van der Waals surface area contributed by atoms with Crippen LogP contribution >= 0.6 is 22.9 Å². The number of amides is 1. The Hall–Kier alpha value is -1.42. The number of sulfonamides is 1. The second kappa shape index (κ2) is 6.23. The molecule has 0 radical (unpaired) electrons. The summed E-state index contributed by atoms with van der Waals surface area (Å²) in [5.41, 5.74) is 0.629. The van der Waals surface area contributed by atoms with Crippen LogP contribution < -0.4 is 5.32 Å². The molecule has 124 valence electrons. The number of anilines is 1. The Morgan fingerprint density at radius 2 is 2.30 bits per heavy atom. The van der Waals surface area contributed by atoms with Crippen molar-refractivity contribution in [1.29, 1.82) is 0 Å². The molecule has 3 rings (SSSR count). The number of rotatable bonds is 4. The van der Waals surface area contributed by atoms with E-state index < -0.39 is 22.0 Å². The summed E-state index contributed by atoms with van der Waals surface area (Å²) >= 11 is 6.80. The smallest absolute Gasteiger partial charge is 0.253 e. The van der Waals surface area contributed by atoms with Gasteiger partial charge in [0.25, 0.3) is 10.0 Å². The van der Waals surface area contributed by atoms with E-state index in [4.69, 9.17) is 16.1 Å². The summed E-state index contributed by atoms with van der Waals surface area (Å²) in [7, 11) is -3.74. The van der Waals surface area contributed by atoms with Crippen molar-refractivity contribution in [3.05, 3.63) is 28.2 Å². The molecule has 1 amide bonds. The lowest BCUT2D eigenvalue weighted by Crippen LogP contribution is -2.42. The van der Waals surface area contributed by atoms with Crippen molar-refractivity contribution in [1.82, 2.24) is 9.46 Å². The Balaban J connectivity index is 1.81. The minimum atomic E-state index is -3.74. The zero-order valence-electron chi connectivity index (χ0n) is 12.2. The highest BCUT2D eigenvalue weighted by Gasteiger charge is 2.40. The summed E-state index contributed by atoms with van der Waals surface area (Å²) in [6, 6.07) is 3.79. The predicted octanol–water partition coefficient (Wildman–Crippen LogP) is 2.49. The summed E-state index contributed by atoms with van der Waals surface area (Å²) < 4.78 is 32.0. The van der Waals surface area contributed by atoms with Gasteiger partial charge in [0.2, 0.25) is 11.8 Å². The Morgan fingerprint density at radius 1 is 1.52 bits per heavy atom. The number of halogens is 1. The van der Waals surface area contributed by atoms with Gasteiger partial charge in [-0.15, -0.1) is 11.3 Å². The number of hydrogen-bond acceptors (Lipinski definition) is 6. The highest BCUT2D eigenvalue weighted by Crippen LogP contribution is 2.32. The summed E-state index contributed by atoms with van der Waals surface area (Å²) in [5, 5.41) is 6.25. The highest BCUT2D eigenvalue weighted by molar-refractivity contribution is 7.91. The van der Waals surface area contributed by atoms with Crippen LogP contribution in [0.1, 0.15) is 18.5 Å². The molecule has 3 heterocycles. The number of nitrogens with one attached hydrogen (secondary N) is 1. The fraction of sp³-hybridized carbons (Fsp3) is 0.385. The van der Waals surface area contributed by atoms with E-state index in [0.717, 1.165) is 11.3 Å². The molecule has 0 aromatic carbocycles. The first-order valence-electron chi connectivity index (χ1n) is 6.89. The van der Waals surface area contributed by atoms with E-state index in [9.17, 15) is 13.2 Å². The van der Waals surface area contributed by atoms with Gasteiger partial charge in [-0.1, -0.05) is 16.8 Å². The Bertz CT molecular complexity index is 830. The summed E-state index contributed by atoms with van der Waals surface area (Å²) in [6.45, 7) is 2.03. The zero-order chi connectivity index (χ0) is 16.6. The molecule has 0 saturated carbocycles. The van der Waals surface area contributed by atoms with Crippen molar-refractivity contribution in [2.24, 2.45) is 0 Å². The maximum Gasteiger partial charge on any atom is 0.253 e. The number of aryl methyl sites for hydroxylation is 1. The van der Waals surface area contributed by atoms with Crippen LogP contribution in [0.3, 0.4) is 0 Å². The maximum atomic E-state index is 12.7. The first-order valence-corrected chi connectivity index (χ1v) is 9.53. The molecule has 1 aliphatic heterocycles. The third kappa shape index (κ3) is 3.27. The van der Waals surface area contributed by atoms with Crippen molar-refractivity contribution < 1.29 is 17.7 Å². The summed E-state index contributed by atoms with van der Waals surface area (Å²) in [6.07, 6.45) is 1.07. The molecule has 23 heavy (non-hydrogen) atoms. The molecule has 1 fully saturated rings. The second-order valence-corrected chi connectivity index (χ2v) is 8.99. The van der Waals surface area contributed by atoms with Gasteiger partial charge < -0.3 is 4.52 Å². The van der Waals surface area contributed by atoms with Gasteiger partial charge in [0.15, 0.2) is 0 Å². The van der Waals surface area contributed by atoms with Crippen LogP contribution in [-0.2, 0) is 14.8 Å². The first-order chi connectivity index (χ1) is 10.9. The zero-order valence-corrected chi connectivity index (χ0v) is 14.5. The van der Waals surface area contributed by atoms with Gasteiger partial charge >= 0.3 is 0 Å². The Morgan fingerprint density at radius 3 is 2.91 bits per heavy atom. The number of thiophene rings is 1. The minimum absolute atomic E-state index is 0.137. The summed E-state index contributed by atoms with van der Waals surface area (Å²) in [4.78, 5) is 12.4. The standard InChI is InChI=1S/C13H14ClN3O4S2/c1-8-7-11(21-16-8)15-13(18)9-3-2-6-17(9)23(19,20)12-5-4-10(14)22-12/h4-5,7,9H,2-3,6H2,1H3,(H,15,18)/t9-/m0/s1. The van der Waals surface area contributed by atoms with Crippen LogP contribution in [-0.4, -0.2) is 36.4 Å². The number of carbonyl (C=O) groups excluding carboxylic acids is 1. The van der Waals surface area contributed by atoms with Gasteiger partial charge in [0, 0.05) is 12.6 Å². The first kappa shape index (κ1) is 16.4. The van der Waals surface area contributed by atoms with E-state index in [1.807, 2.05) is 0 Å². The van der Waals surface area contributed by atoms with E-state index >= 15 is 0 Å². The molecule has 1 saturated heterocycles. The van der Waals surface area contributed by atoms with E-state index in [0.29, 0.717) is 29.4 Å². The van der Waals surface area contributed by atoms with Gasteiger partial charge in [0.05, 0.1) is 10.0 Å². The van der Waals surface area contributed by atoms with Crippen molar-refractivity contribution >= 4 is 44.8 Å². The molecule has 0 aliphatic carbocycles. The molecule has 1 atom stereocenters. The number of carbonyl (C=O) groups is 1. The molecule has 1 N–H and O–H groups in total. The molecule has 0 bridgehead atoms. The molecule has 2 aromatic rings. The summed E-state index contributed by atoms with van der Waals surface area (Å²) in [5.74, 6) is -0.221. The van der Waals surface area contributed by atoms with Crippen molar-refractivity contribution in [2.45, 2.75) is 30.0 Å². The molecule has 7 nitrogen and oxygen atoms in total. The molecular weight excluding hydrogens is 362 g/mol. The monoisotopic (exact) mass is 375 g/mol. The number of nitrogens with zero attached hydrogens (tertiary/aromatic N) is 2. The fourth-order valence-corrected chi connectivity index (χ4v) is 5.74. The van der Waals surface area contributed by atoms with Crippen LogP contribution in [0.25, 0.3) is 0 Å². The van der Waals surface area contributed by atoms with E-state index in [1.54, 1.807) is 13.0 Å². The third-order valence-electron chi connectivity index (χ3n) is 3.49. The van der Waals surface area contributed by atoms with Crippen molar-refractivity contribution in [3.8, 4) is 0 Å². The van der Waals surface area contributed by atoms with Crippen LogP contribution in [0.2, 0.25) is 4.34 Å². The lowest BCUT2D eigenvalue weighted by Gasteiger charge is -2.22. The topological polar surface area (TPSA) is 92.5 Å². The van der Waals surface area contributed by atoms with Crippen molar-refractivity contribution in [3.63, 3.8) is 0 Å². The van der Waals surface area contributed by atoms with Gasteiger partial charge in [0.1, 0.15) is 10.3 Å². The predicted molar refractivity (Wildman–Crippen MR) is 86.1 cm³/mol. The molecular formula is C13H14ClN3O4S2. The lowest BCUT2D eigenvalue weighted by molar-refractivity contribution is -0.119. The quantitative estimate of drug-likeness (QED) is 0.886.